The first kappa shape index (κ1) is 19.3. The van der Waals surface area contributed by atoms with Crippen molar-refractivity contribution in [3.8, 4) is 5.75 Å². The molecule has 2 aromatic rings. The molecule has 1 unspecified atom stereocenters. The third-order valence-electron chi connectivity index (χ3n) is 3.45. The minimum Gasteiger partial charge on any atom is -0.495 e. The lowest BCUT2D eigenvalue weighted by molar-refractivity contribution is -0.120. The van der Waals surface area contributed by atoms with Crippen LogP contribution in [0.15, 0.2) is 30.6 Å². The lowest BCUT2D eigenvalue weighted by atomic mass is 10.1. The second kappa shape index (κ2) is 8.19. The number of likely N-dealkylation sites (N-methyl/N-ethyl adjacent to an activating group) is 2. The van der Waals surface area contributed by atoms with Crippen molar-refractivity contribution in [1.29, 1.82) is 0 Å². The van der Waals surface area contributed by atoms with Gasteiger partial charge >= 0.3 is 0 Å². The molecule has 1 heterocycles. The molecular weight excluding hydrogens is 339 g/mol. The van der Waals surface area contributed by atoms with E-state index in [2.05, 4.69) is 10.4 Å². The average Bonchev–Trinajstić information content (AvgIpc) is 2.93. The van der Waals surface area contributed by atoms with Crippen LogP contribution in [-0.2, 0) is 11.8 Å². The van der Waals surface area contributed by atoms with Gasteiger partial charge in [0.05, 0.1) is 18.3 Å². The van der Waals surface area contributed by atoms with Crippen molar-refractivity contribution >= 4 is 35.6 Å². The number of anilines is 1. The number of hydrogen-bond acceptors (Lipinski definition) is 4. The number of rotatable bonds is 5. The minimum atomic E-state index is -0.473. The second-order valence-electron chi connectivity index (χ2n) is 4.89. The number of nitrogens with one attached hydrogen (secondary N) is 1. The van der Waals surface area contributed by atoms with E-state index in [4.69, 9.17) is 16.3 Å². The molecule has 23 heavy (non-hydrogen) atoms. The van der Waals surface area contributed by atoms with Crippen molar-refractivity contribution in [3.05, 3.63) is 41.2 Å². The van der Waals surface area contributed by atoms with E-state index in [1.54, 1.807) is 55.2 Å². The van der Waals surface area contributed by atoms with Crippen LogP contribution in [0.2, 0.25) is 5.02 Å². The zero-order valence-electron chi connectivity index (χ0n) is 13.4. The van der Waals surface area contributed by atoms with Gasteiger partial charge in [0, 0.05) is 31.5 Å². The lowest BCUT2D eigenvalue weighted by Gasteiger charge is -2.23. The van der Waals surface area contributed by atoms with Crippen molar-refractivity contribution in [2.45, 2.75) is 6.04 Å². The molecule has 0 spiro atoms. The van der Waals surface area contributed by atoms with Gasteiger partial charge in [-0.15, -0.1) is 12.4 Å². The molecule has 0 aliphatic rings. The third kappa shape index (κ3) is 4.16. The van der Waals surface area contributed by atoms with Crippen LogP contribution >= 0.6 is 24.0 Å². The molecule has 0 aliphatic carbocycles. The summed E-state index contributed by atoms with van der Waals surface area (Å²) in [5.41, 5.74) is 1.50. The summed E-state index contributed by atoms with van der Waals surface area (Å²) in [6.07, 6.45) is 3.49. The molecule has 6 nitrogen and oxygen atoms in total. The quantitative estimate of drug-likeness (QED) is 0.891. The highest BCUT2D eigenvalue weighted by molar-refractivity contribution is 6.32. The largest absolute Gasteiger partial charge is 0.495 e. The molecule has 2 rings (SSSR count). The molecule has 1 aromatic carbocycles. The van der Waals surface area contributed by atoms with Crippen LogP contribution < -0.4 is 15.0 Å². The molecule has 0 aliphatic heterocycles. The van der Waals surface area contributed by atoms with Crippen molar-refractivity contribution < 1.29 is 9.53 Å². The maximum Gasteiger partial charge on any atom is 0.248 e. The van der Waals surface area contributed by atoms with Gasteiger partial charge in [0.2, 0.25) is 5.91 Å². The van der Waals surface area contributed by atoms with E-state index in [1.165, 1.54) is 0 Å². The summed E-state index contributed by atoms with van der Waals surface area (Å²) in [5.74, 6) is 0.473. The highest BCUT2D eigenvalue weighted by Gasteiger charge is 2.24. The van der Waals surface area contributed by atoms with Crippen LogP contribution in [0.5, 0.6) is 5.75 Å². The van der Waals surface area contributed by atoms with E-state index in [0.29, 0.717) is 16.5 Å². The molecule has 0 saturated carbocycles. The van der Waals surface area contributed by atoms with Crippen LogP contribution in [0.3, 0.4) is 0 Å². The van der Waals surface area contributed by atoms with Crippen LogP contribution in [0.25, 0.3) is 0 Å². The summed E-state index contributed by atoms with van der Waals surface area (Å²) in [7, 11) is 6.81. The number of carbonyl (C=O) groups excluding carboxylic acids is 1. The molecule has 0 bridgehead atoms. The molecule has 8 heteroatoms. The smallest absolute Gasteiger partial charge is 0.248 e. The molecule has 126 valence electrons. The second-order valence-corrected chi connectivity index (χ2v) is 5.29. The number of amides is 1. The Bertz CT molecular complexity index is 675. The number of benzene rings is 1. The number of nitrogens with zero attached hydrogens (tertiary/aromatic N) is 3. The fourth-order valence-electron chi connectivity index (χ4n) is 2.21. The zero-order valence-corrected chi connectivity index (χ0v) is 15.0. The summed E-state index contributed by atoms with van der Waals surface area (Å²) in [6.45, 7) is 0. The van der Waals surface area contributed by atoms with E-state index >= 15 is 0 Å². The predicted octanol–water partition coefficient (Wildman–Crippen LogP) is 2.43. The van der Waals surface area contributed by atoms with Gasteiger partial charge in [-0.05, 0) is 25.2 Å². The Hall–Kier alpha value is -1.76. The highest BCUT2D eigenvalue weighted by Crippen LogP contribution is 2.29. The van der Waals surface area contributed by atoms with Gasteiger partial charge < -0.3 is 15.0 Å². The Morgan fingerprint density at radius 3 is 2.65 bits per heavy atom. The van der Waals surface area contributed by atoms with E-state index in [-0.39, 0.29) is 18.3 Å². The molecule has 1 aromatic heterocycles. The summed E-state index contributed by atoms with van der Waals surface area (Å²) in [4.78, 5) is 14.3. The molecule has 1 atom stereocenters. The van der Waals surface area contributed by atoms with Gasteiger partial charge in [-0.1, -0.05) is 11.6 Å². The van der Waals surface area contributed by atoms with Gasteiger partial charge in [0.15, 0.2) is 0 Å². The Balaban J connectivity index is 0.00000264. The van der Waals surface area contributed by atoms with Crippen LogP contribution in [0, 0.1) is 0 Å². The Morgan fingerprint density at radius 2 is 2.17 bits per heavy atom. The molecule has 0 fully saturated rings. The van der Waals surface area contributed by atoms with Crippen LogP contribution in [0.4, 0.5) is 5.69 Å². The number of hydrogen-bond donors (Lipinski definition) is 1. The van der Waals surface area contributed by atoms with Gasteiger partial charge in [-0.2, -0.15) is 5.10 Å². The maximum absolute atomic E-state index is 12.7. The number of aryl methyl sites for hydroxylation is 1. The molecule has 1 N–H and O–H groups in total. The fourth-order valence-corrected chi connectivity index (χ4v) is 2.46. The van der Waals surface area contributed by atoms with Crippen molar-refractivity contribution in [2.75, 3.05) is 26.1 Å². The normalized spacial score (nSPS) is 11.5. The lowest BCUT2D eigenvalue weighted by Crippen LogP contribution is -2.37. The number of ether oxygens (including phenoxy) is 1. The first-order valence-electron chi connectivity index (χ1n) is 6.74. The minimum absolute atomic E-state index is 0. The van der Waals surface area contributed by atoms with Crippen LogP contribution in [0.1, 0.15) is 11.6 Å². The van der Waals surface area contributed by atoms with Gasteiger partial charge in [-0.3, -0.25) is 9.48 Å². The summed E-state index contributed by atoms with van der Waals surface area (Å²) in [6, 6.07) is 4.76. The SMILES string of the molecule is CNC(C(=O)N(C)c1ccc(OC)c(Cl)c1)c1cnn(C)c1.Cl. The van der Waals surface area contributed by atoms with Gasteiger partial charge in [-0.25, -0.2) is 0 Å². The predicted molar refractivity (Wildman–Crippen MR) is 93.7 cm³/mol. The number of aromatic nitrogens is 2. The monoisotopic (exact) mass is 358 g/mol. The van der Waals surface area contributed by atoms with Crippen molar-refractivity contribution in [3.63, 3.8) is 0 Å². The Kier molecular flexibility index (Phi) is 6.87. The van der Waals surface area contributed by atoms with Gasteiger partial charge in [0.25, 0.3) is 0 Å². The summed E-state index contributed by atoms with van der Waals surface area (Å²) < 4.78 is 6.79. The maximum atomic E-state index is 12.7. The standard InChI is InChI=1S/C15H19ClN4O2.ClH/c1-17-14(10-8-18-19(2)9-10)15(21)20(3)11-5-6-13(22-4)12(16)7-11;/h5-9,14,17H,1-4H3;1H. The third-order valence-corrected chi connectivity index (χ3v) is 3.74. The number of halogens is 2. The summed E-state index contributed by atoms with van der Waals surface area (Å²) >= 11 is 6.12. The van der Waals surface area contributed by atoms with Gasteiger partial charge in [0.1, 0.15) is 11.8 Å². The molecule has 0 saturated heterocycles. The van der Waals surface area contributed by atoms with Crippen molar-refractivity contribution in [2.24, 2.45) is 7.05 Å². The average molecular weight is 359 g/mol. The topological polar surface area (TPSA) is 59.4 Å². The van der Waals surface area contributed by atoms with E-state index < -0.39 is 6.04 Å². The van der Waals surface area contributed by atoms with Crippen molar-refractivity contribution in [1.82, 2.24) is 15.1 Å². The fraction of sp³-hybridized carbons (Fsp3) is 0.333. The molecular formula is C15H20Cl2N4O2. The molecule has 0 radical (unpaired) electrons. The Labute approximate surface area is 146 Å². The molecule has 1 amide bonds. The first-order chi connectivity index (χ1) is 10.5. The Morgan fingerprint density at radius 1 is 1.48 bits per heavy atom. The highest BCUT2D eigenvalue weighted by atomic mass is 35.5. The van der Waals surface area contributed by atoms with E-state index in [9.17, 15) is 4.79 Å². The number of methoxy groups -OCH3 is 1. The first-order valence-corrected chi connectivity index (χ1v) is 7.12. The van der Waals surface area contributed by atoms with E-state index in [1.807, 2.05) is 13.2 Å². The van der Waals surface area contributed by atoms with E-state index in [0.717, 1.165) is 5.56 Å². The van der Waals surface area contributed by atoms with Crippen LogP contribution in [-0.4, -0.2) is 36.9 Å². The zero-order chi connectivity index (χ0) is 16.3. The summed E-state index contributed by atoms with van der Waals surface area (Å²) in [5, 5.41) is 7.58. The number of carbonyl (C=O) groups is 1.